The van der Waals surface area contributed by atoms with E-state index in [2.05, 4.69) is 41.2 Å². The van der Waals surface area contributed by atoms with Crippen LogP contribution in [0.3, 0.4) is 0 Å². The van der Waals surface area contributed by atoms with E-state index in [1.165, 1.54) is 0 Å². The number of ether oxygens (including phenoxy) is 1. The highest BCUT2D eigenvalue weighted by molar-refractivity contribution is 5.53. The summed E-state index contributed by atoms with van der Waals surface area (Å²) in [7, 11) is 2.14. The number of nitrogens with one attached hydrogen (secondary N) is 1. The normalized spacial score (nSPS) is 17.4. The topological polar surface area (TPSA) is 66.7 Å². The lowest BCUT2D eigenvalue weighted by Crippen LogP contribution is -2.47. The number of nitrogens with zero attached hydrogens (tertiary/aromatic N) is 3. The van der Waals surface area contributed by atoms with Crippen LogP contribution >= 0.6 is 0 Å². The summed E-state index contributed by atoms with van der Waals surface area (Å²) in [6.07, 6.45) is 0. The number of hydrogen-bond donors (Lipinski definition) is 2. The van der Waals surface area contributed by atoms with E-state index >= 15 is 0 Å². The molecule has 0 unspecified atom stereocenters. The zero-order valence-corrected chi connectivity index (χ0v) is 12.6. The van der Waals surface area contributed by atoms with Crippen LogP contribution in [0.1, 0.15) is 13.8 Å². The van der Waals surface area contributed by atoms with Crippen LogP contribution in [0.25, 0.3) is 0 Å². The summed E-state index contributed by atoms with van der Waals surface area (Å²) < 4.78 is 5.64. The molecule has 0 spiro atoms. The van der Waals surface area contributed by atoms with E-state index in [9.17, 15) is 0 Å². The molecule has 1 aliphatic rings. The first-order valence-electron chi connectivity index (χ1n) is 7.14. The lowest BCUT2D eigenvalue weighted by Gasteiger charge is -2.32. The van der Waals surface area contributed by atoms with Gasteiger partial charge in [-0.3, -0.25) is 0 Å². The van der Waals surface area contributed by atoms with Crippen molar-refractivity contribution in [3.63, 3.8) is 0 Å². The summed E-state index contributed by atoms with van der Waals surface area (Å²) in [5.41, 5.74) is 9.79. The first kappa shape index (κ1) is 14.9. The average molecular weight is 279 g/mol. The molecular weight excluding hydrogens is 254 g/mol. The molecule has 20 heavy (non-hydrogen) atoms. The molecule has 1 aromatic heterocycles. The Morgan fingerprint density at radius 1 is 1.30 bits per heavy atom. The Balaban J connectivity index is 1.96. The lowest BCUT2D eigenvalue weighted by atomic mass is 10.2. The van der Waals surface area contributed by atoms with Crippen molar-refractivity contribution in [3.05, 3.63) is 12.1 Å². The number of anilines is 2. The van der Waals surface area contributed by atoms with Gasteiger partial charge in [0, 0.05) is 26.2 Å². The minimum atomic E-state index is 0.449. The van der Waals surface area contributed by atoms with Crippen LogP contribution in [0.5, 0.6) is 5.88 Å². The number of piperazine rings is 1. The summed E-state index contributed by atoms with van der Waals surface area (Å²) in [5.74, 6) is 1.74. The maximum absolute atomic E-state index is 5.89. The van der Waals surface area contributed by atoms with Crippen LogP contribution in [-0.2, 0) is 0 Å². The van der Waals surface area contributed by atoms with Gasteiger partial charge in [0.15, 0.2) is 0 Å². The molecular formula is C14H25N5O. The second-order valence-electron chi connectivity index (χ2n) is 5.70. The quantitative estimate of drug-likeness (QED) is 0.846. The highest BCUT2D eigenvalue weighted by Crippen LogP contribution is 2.21. The van der Waals surface area contributed by atoms with Crippen LogP contribution in [0.2, 0.25) is 0 Å². The van der Waals surface area contributed by atoms with Gasteiger partial charge >= 0.3 is 0 Å². The van der Waals surface area contributed by atoms with E-state index < -0.39 is 0 Å². The van der Waals surface area contributed by atoms with Crippen molar-refractivity contribution in [2.75, 3.05) is 51.0 Å². The number of hydrazine groups is 1. The Morgan fingerprint density at radius 3 is 2.65 bits per heavy atom. The molecule has 1 saturated heterocycles. The maximum atomic E-state index is 5.89. The molecule has 6 heteroatoms. The summed E-state index contributed by atoms with van der Waals surface area (Å²) in [4.78, 5) is 6.76. The fraction of sp³-hybridized carbons (Fsp3) is 0.643. The van der Waals surface area contributed by atoms with Gasteiger partial charge in [-0.15, -0.1) is 0 Å². The zero-order valence-electron chi connectivity index (χ0n) is 12.6. The van der Waals surface area contributed by atoms with Crippen molar-refractivity contribution < 1.29 is 4.74 Å². The van der Waals surface area contributed by atoms with Crippen molar-refractivity contribution >= 4 is 11.5 Å². The first-order chi connectivity index (χ1) is 9.54. The maximum Gasteiger partial charge on any atom is 0.239 e. The Labute approximate surface area is 120 Å². The molecule has 3 N–H and O–H groups in total. The summed E-state index contributed by atoms with van der Waals surface area (Å²) >= 11 is 0. The van der Waals surface area contributed by atoms with Gasteiger partial charge in [0.1, 0.15) is 5.82 Å². The second-order valence-corrected chi connectivity index (χ2v) is 5.70. The Morgan fingerprint density at radius 2 is 2.00 bits per heavy atom. The van der Waals surface area contributed by atoms with E-state index in [1.54, 1.807) is 0 Å². The Bertz CT molecular complexity index is 430. The molecule has 0 aliphatic carbocycles. The third kappa shape index (κ3) is 4.25. The van der Waals surface area contributed by atoms with Gasteiger partial charge in [0.2, 0.25) is 5.88 Å². The molecule has 1 aliphatic heterocycles. The number of aromatic nitrogens is 1. The van der Waals surface area contributed by atoms with Gasteiger partial charge in [-0.1, -0.05) is 13.8 Å². The van der Waals surface area contributed by atoms with Crippen LogP contribution in [-0.4, -0.2) is 54.7 Å². The number of hydrogen-bond acceptors (Lipinski definition) is 6. The largest absolute Gasteiger partial charge is 0.476 e. The molecule has 0 bridgehead atoms. The number of nitrogen functional groups attached to an aromatic ring is 1. The van der Waals surface area contributed by atoms with Gasteiger partial charge in [-0.2, -0.15) is 4.98 Å². The fourth-order valence-electron chi connectivity index (χ4n) is 1.95. The molecule has 0 saturated carbocycles. The van der Waals surface area contributed by atoms with Crippen molar-refractivity contribution in [3.8, 4) is 5.88 Å². The van der Waals surface area contributed by atoms with E-state index in [0.717, 1.165) is 32.0 Å². The number of pyridine rings is 1. The molecule has 2 rings (SSSR count). The van der Waals surface area contributed by atoms with Gasteiger partial charge in [-0.25, -0.2) is 5.01 Å². The monoisotopic (exact) mass is 279 g/mol. The zero-order chi connectivity index (χ0) is 14.5. The Kier molecular flexibility index (Phi) is 5.03. The average Bonchev–Trinajstić information content (AvgIpc) is 2.42. The van der Waals surface area contributed by atoms with E-state index in [4.69, 9.17) is 10.5 Å². The van der Waals surface area contributed by atoms with E-state index in [0.29, 0.717) is 24.1 Å². The summed E-state index contributed by atoms with van der Waals surface area (Å²) in [5, 5.41) is 2.17. The Hall–Kier alpha value is -1.53. The van der Waals surface area contributed by atoms with Crippen molar-refractivity contribution in [1.82, 2.24) is 14.9 Å². The third-order valence-electron chi connectivity index (χ3n) is 3.22. The van der Waals surface area contributed by atoms with Crippen LogP contribution in [0, 0.1) is 5.92 Å². The third-order valence-corrected chi connectivity index (χ3v) is 3.22. The summed E-state index contributed by atoms with van der Waals surface area (Å²) in [6, 6.07) is 3.72. The fourth-order valence-corrected chi connectivity index (χ4v) is 1.95. The second kappa shape index (κ2) is 6.76. The smallest absolute Gasteiger partial charge is 0.239 e. The molecule has 0 aromatic carbocycles. The first-order valence-corrected chi connectivity index (χ1v) is 7.14. The van der Waals surface area contributed by atoms with Crippen LogP contribution < -0.4 is 15.9 Å². The highest BCUT2D eigenvalue weighted by atomic mass is 16.5. The summed E-state index contributed by atoms with van der Waals surface area (Å²) in [6.45, 7) is 8.88. The number of rotatable bonds is 5. The highest BCUT2D eigenvalue weighted by Gasteiger charge is 2.14. The van der Waals surface area contributed by atoms with Crippen molar-refractivity contribution in [2.24, 2.45) is 5.92 Å². The SMILES string of the molecule is CC(C)COc1nc(NN2CCN(C)CC2)ccc1N. The minimum absolute atomic E-state index is 0.449. The molecule has 1 aromatic rings. The van der Waals surface area contributed by atoms with Crippen molar-refractivity contribution in [2.45, 2.75) is 13.8 Å². The number of likely N-dealkylation sites (N-methyl/N-ethyl adjacent to an activating group) is 1. The molecule has 112 valence electrons. The predicted octanol–water partition coefficient (Wildman–Crippen LogP) is 1.27. The molecule has 0 radical (unpaired) electrons. The molecule has 0 atom stereocenters. The predicted molar refractivity (Wildman–Crippen MR) is 81.7 cm³/mol. The van der Waals surface area contributed by atoms with E-state index in [1.807, 2.05) is 12.1 Å². The standard InChI is InChI=1S/C14H25N5O/c1-11(2)10-20-14-12(15)4-5-13(16-14)17-19-8-6-18(3)7-9-19/h4-5,11H,6-10,15H2,1-3H3,(H,16,17). The number of nitrogens with two attached hydrogens (primary N) is 1. The molecule has 0 amide bonds. The van der Waals surface area contributed by atoms with Crippen LogP contribution in [0.4, 0.5) is 11.5 Å². The van der Waals surface area contributed by atoms with Gasteiger partial charge in [0.05, 0.1) is 12.3 Å². The molecule has 2 heterocycles. The van der Waals surface area contributed by atoms with Gasteiger partial charge in [-0.05, 0) is 25.1 Å². The van der Waals surface area contributed by atoms with E-state index in [-0.39, 0.29) is 0 Å². The molecule has 6 nitrogen and oxygen atoms in total. The van der Waals surface area contributed by atoms with Gasteiger partial charge in [0.25, 0.3) is 0 Å². The van der Waals surface area contributed by atoms with Gasteiger partial charge < -0.3 is 20.8 Å². The molecule has 1 fully saturated rings. The van der Waals surface area contributed by atoms with Crippen LogP contribution in [0.15, 0.2) is 12.1 Å². The van der Waals surface area contributed by atoms with Crippen molar-refractivity contribution in [1.29, 1.82) is 0 Å². The minimum Gasteiger partial charge on any atom is -0.476 e. The lowest BCUT2D eigenvalue weighted by molar-refractivity contribution is 0.178.